The van der Waals surface area contributed by atoms with E-state index in [1.165, 1.54) is 7.11 Å². The van der Waals surface area contributed by atoms with Crippen molar-refractivity contribution in [1.82, 2.24) is 0 Å². The Hall–Kier alpha value is 1.91. The van der Waals surface area contributed by atoms with E-state index in [0.29, 0.717) is 19.7 Å². The molecule has 0 spiro atoms. The third-order valence-electron chi connectivity index (χ3n) is 1.71. The van der Waals surface area contributed by atoms with Crippen molar-refractivity contribution < 1.29 is 51.8 Å². The van der Waals surface area contributed by atoms with E-state index in [-0.39, 0.29) is 61.0 Å². The topological polar surface area (TPSA) is 124 Å². The second kappa shape index (κ2) is 52.7. The number of carbonyl (C=O) groups is 3. The number of ether oxygens (including phenoxy) is 2. The molecule has 0 rings (SSSR count). The molecule has 0 saturated carbocycles. The first-order valence-corrected chi connectivity index (χ1v) is 26.5. The van der Waals surface area contributed by atoms with Gasteiger partial charge in [0.05, 0.1) is 19.4 Å². The normalized spacial score (nSPS) is 7.13. The Kier molecular flexibility index (Phi) is 86.3. The summed E-state index contributed by atoms with van der Waals surface area (Å²) in [6, 6.07) is 0. The van der Waals surface area contributed by atoms with Gasteiger partial charge in [-0.05, 0) is 13.3 Å². The van der Waals surface area contributed by atoms with Crippen LogP contribution in [0.15, 0.2) is 12.7 Å². The Morgan fingerprint density at radius 3 is 1.67 bits per heavy atom. The summed E-state index contributed by atoms with van der Waals surface area (Å²) in [6.07, 6.45) is 3.14. The van der Waals surface area contributed by atoms with Gasteiger partial charge in [-0.25, -0.2) is 0 Å². The van der Waals surface area contributed by atoms with E-state index in [1.807, 2.05) is 13.8 Å². The number of hydrogen-bond acceptors (Lipinski definition) is 7. The molecule has 0 atom stereocenters. The number of carbonyl (C=O) groups excluding carboxylic acids is 4. The quantitative estimate of drug-likeness (QED) is 0.244. The summed E-state index contributed by atoms with van der Waals surface area (Å²) in [5, 5.41) is 7.91. The van der Waals surface area contributed by atoms with Gasteiger partial charge in [0.2, 0.25) is 0 Å². The van der Waals surface area contributed by atoms with Crippen LogP contribution in [0, 0.1) is 5.92 Å². The molecular weight excluding hydrogens is 1080 g/mol. The maximum atomic E-state index is 10.8. The van der Waals surface area contributed by atoms with Crippen LogP contribution in [0.3, 0.4) is 0 Å². The molecule has 8 nitrogen and oxygen atoms in total. The number of esters is 2. The van der Waals surface area contributed by atoms with Crippen LogP contribution in [0.2, 0.25) is 0 Å². The van der Waals surface area contributed by atoms with E-state index in [9.17, 15) is 14.4 Å². The van der Waals surface area contributed by atoms with Crippen molar-refractivity contribution in [2.45, 2.75) is 47.0 Å². The molecule has 0 aromatic rings. The van der Waals surface area contributed by atoms with Crippen LogP contribution in [0.5, 0.6) is 0 Å². The van der Waals surface area contributed by atoms with Crippen molar-refractivity contribution in [3.05, 3.63) is 12.7 Å². The van der Waals surface area contributed by atoms with Gasteiger partial charge in [-0.15, -0.1) is 30.6 Å². The second-order valence-corrected chi connectivity index (χ2v) is 20.6. The molecule has 0 aliphatic rings. The Labute approximate surface area is 249 Å². The van der Waals surface area contributed by atoms with Gasteiger partial charge in [0.15, 0.2) is 0 Å². The number of carboxylic acid groups (broad SMARTS) is 1. The zero-order chi connectivity index (χ0) is 24.7. The SMILES string of the molecule is C=CC.CCCC(=O)O.COC(=O)CCOC(=O)C(C)C.I.II.I[I-]I.O=C=O. The molecule has 1 N–H and O–H groups in total. The standard InChI is InChI=1S/C8H14O4.C4H8O2.C3H6.CO2.I3.I2.HI/c1-6(2)8(10)12-5-4-7(9)11-3;1-2-3-4(5)6;1-3-2;2-1-3;1-3-2;1-2;/h6H,4-5H2,1-3H3;2-3H2,1H3,(H,5,6);3H,1H2,2H3;;;;1H/q;;;;-1;;. The summed E-state index contributed by atoms with van der Waals surface area (Å²) in [4.78, 5) is 47.2. The van der Waals surface area contributed by atoms with Crippen molar-refractivity contribution in [3.63, 3.8) is 0 Å². The van der Waals surface area contributed by atoms with E-state index in [0.717, 1.165) is 6.42 Å². The minimum absolute atomic E-state index is 0. The van der Waals surface area contributed by atoms with Crippen molar-refractivity contribution >= 4 is 122 Å². The van der Waals surface area contributed by atoms with Crippen LogP contribution in [0.4, 0.5) is 0 Å². The maximum absolute atomic E-state index is 10.8. The Morgan fingerprint density at radius 2 is 1.50 bits per heavy atom. The number of carboxylic acids is 1. The van der Waals surface area contributed by atoms with Gasteiger partial charge in [0, 0.05) is 43.7 Å². The summed E-state index contributed by atoms with van der Waals surface area (Å²) in [7, 11) is 1.30. The van der Waals surface area contributed by atoms with Crippen molar-refractivity contribution in [2.24, 2.45) is 5.92 Å². The molecule has 0 fully saturated rings. The Morgan fingerprint density at radius 1 is 1.17 bits per heavy atom. The number of aliphatic carboxylic acids is 1. The minimum atomic E-state index is -0.711. The molecule has 0 aliphatic carbocycles. The number of allylic oxidation sites excluding steroid dienone is 1. The number of halogens is 6. The molecule has 0 unspecified atom stereocenters. The van der Waals surface area contributed by atoms with Gasteiger partial charge in [0.1, 0.15) is 6.61 Å². The van der Waals surface area contributed by atoms with Crippen LogP contribution in [-0.4, -0.2) is 42.9 Å². The summed E-state index contributed by atoms with van der Waals surface area (Å²) >= 11 is 9.54. The number of rotatable bonds is 6. The molecular formula is C16H29I6O8-. The van der Waals surface area contributed by atoms with E-state index in [4.69, 9.17) is 19.4 Å². The molecule has 184 valence electrons. The predicted molar refractivity (Wildman–Crippen MR) is 157 cm³/mol. The average Bonchev–Trinajstić information content (AvgIpc) is 2.65. The zero-order valence-corrected chi connectivity index (χ0v) is 30.4. The monoisotopic (exact) mass is 1110 g/mol. The van der Waals surface area contributed by atoms with Crippen molar-refractivity contribution in [1.29, 1.82) is 0 Å². The van der Waals surface area contributed by atoms with Crippen LogP contribution >= 0.6 is 98.4 Å². The molecule has 0 aromatic carbocycles. The predicted octanol–water partition coefficient (Wildman–Crippen LogP) is 3.39. The van der Waals surface area contributed by atoms with Gasteiger partial charge < -0.3 is 14.6 Å². The van der Waals surface area contributed by atoms with Gasteiger partial charge in [0.25, 0.3) is 0 Å². The van der Waals surface area contributed by atoms with Crippen molar-refractivity contribution in [3.8, 4) is 0 Å². The first-order valence-electron chi connectivity index (χ1n) is 7.62. The maximum Gasteiger partial charge on any atom is 0.373 e. The minimum Gasteiger partial charge on any atom is -0.186 e. The summed E-state index contributed by atoms with van der Waals surface area (Å²) in [6.45, 7) is 10.7. The second-order valence-electron chi connectivity index (χ2n) is 4.34. The molecule has 0 saturated heterocycles. The van der Waals surface area contributed by atoms with Gasteiger partial charge in [-0.1, -0.05) is 26.8 Å². The number of methoxy groups -OCH3 is 1. The van der Waals surface area contributed by atoms with E-state index in [2.05, 4.69) is 85.8 Å². The number of hydrogen-bond donors (Lipinski definition) is 1. The first-order chi connectivity index (χ1) is 13.6. The van der Waals surface area contributed by atoms with E-state index < -0.39 is 5.97 Å². The van der Waals surface area contributed by atoms with Crippen LogP contribution in [-0.2, 0) is 33.4 Å². The summed E-state index contributed by atoms with van der Waals surface area (Å²) < 4.78 is 9.10. The van der Waals surface area contributed by atoms with Crippen LogP contribution < -0.4 is 13.3 Å². The van der Waals surface area contributed by atoms with Gasteiger partial charge in [-0.3, -0.25) is 14.4 Å². The fourth-order valence-corrected chi connectivity index (χ4v) is 0.718. The third kappa shape index (κ3) is 87.4. The fraction of sp³-hybridized carbons (Fsp3) is 0.625. The molecule has 14 heteroatoms. The average molecular weight is 1110 g/mol. The summed E-state index contributed by atoms with van der Waals surface area (Å²) in [5.74, 6) is -1.52. The van der Waals surface area contributed by atoms with Crippen molar-refractivity contribution in [2.75, 3.05) is 13.7 Å². The van der Waals surface area contributed by atoms with E-state index in [1.54, 1.807) is 19.9 Å². The Balaban J connectivity index is -0.0000000496. The van der Waals surface area contributed by atoms with Gasteiger partial charge >= 0.3 is 74.5 Å². The van der Waals surface area contributed by atoms with Crippen LogP contribution in [0.25, 0.3) is 0 Å². The molecule has 0 aromatic heterocycles. The molecule has 0 bridgehead atoms. The fourth-order valence-electron chi connectivity index (χ4n) is 0.718. The Bertz CT molecular complexity index is 403. The molecule has 0 heterocycles. The molecule has 0 radical (unpaired) electrons. The smallest absolute Gasteiger partial charge is 0.186 e. The van der Waals surface area contributed by atoms with E-state index >= 15 is 0 Å². The molecule has 0 amide bonds. The largest absolute Gasteiger partial charge is 0.373 e. The van der Waals surface area contributed by atoms with Gasteiger partial charge in [-0.2, -0.15) is 9.59 Å². The molecule has 30 heavy (non-hydrogen) atoms. The zero-order valence-electron chi connectivity index (χ0n) is 17.3. The summed E-state index contributed by atoms with van der Waals surface area (Å²) in [5.41, 5.74) is 0. The van der Waals surface area contributed by atoms with Crippen LogP contribution in [0.1, 0.15) is 47.0 Å². The third-order valence-corrected chi connectivity index (χ3v) is 1.71. The first kappa shape index (κ1) is 49.1. The molecule has 0 aliphatic heterocycles.